The standard InChI is InChI=1S/C47H78N2O7/c1-3-5-7-9-11-13-15-16-17-18-19-20-22-24-26-31-35-39-46(53)56-42(36-32-28-25-23-21-14-12-10-8-6-4-2)37-33-29-27-30-34-38-44(51)48-40-45(52)49-43(41-50)47(54)55/h5,7,11-14,16-17,19-20,23,25,42-43,50H,3-4,6,8-10,15,18,21-22,24,26-41H2,1-2H3,(H,48,51)(H,49,52)(H,54,55)/b7-5-,13-11-,14-12-,17-16-,20-19-,25-23-. The van der Waals surface area contributed by atoms with Gasteiger partial charge in [0.15, 0.2) is 0 Å². The van der Waals surface area contributed by atoms with Crippen LogP contribution in [0.2, 0.25) is 0 Å². The third-order valence-electron chi connectivity index (χ3n) is 9.19. The van der Waals surface area contributed by atoms with E-state index in [0.29, 0.717) is 12.8 Å². The average molecular weight is 783 g/mol. The largest absolute Gasteiger partial charge is 0.480 e. The van der Waals surface area contributed by atoms with Crippen LogP contribution in [0.1, 0.15) is 174 Å². The van der Waals surface area contributed by atoms with Crippen LogP contribution in [0, 0.1) is 0 Å². The minimum absolute atomic E-state index is 0.0731. The first-order valence-corrected chi connectivity index (χ1v) is 21.8. The molecule has 0 radical (unpaired) electrons. The zero-order valence-electron chi connectivity index (χ0n) is 35.1. The van der Waals surface area contributed by atoms with Crippen molar-refractivity contribution in [1.29, 1.82) is 0 Å². The van der Waals surface area contributed by atoms with Gasteiger partial charge in [-0.1, -0.05) is 132 Å². The van der Waals surface area contributed by atoms with Crippen molar-refractivity contribution in [2.24, 2.45) is 0 Å². The number of amides is 2. The minimum atomic E-state index is -1.39. The Balaban J connectivity index is 4.41. The van der Waals surface area contributed by atoms with Crippen LogP contribution in [0.15, 0.2) is 72.9 Å². The first kappa shape index (κ1) is 52.3. The van der Waals surface area contributed by atoms with Gasteiger partial charge >= 0.3 is 11.9 Å². The molecular formula is C47H78N2O7. The van der Waals surface area contributed by atoms with E-state index in [-0.39, 0.29) is 30.9 Å². The number of aliphatic hydroxyl groups excluding tert-OH is 1. The third kappa shape index (κ3) is 37.2. The molecule has 318 valence electrons. The lowest BCUT2D eigenvalue weighted by Crippen LogP contribution is -2.47. The molecule has 4 N–H and O–H groups in total. The van der Waals surface area contributed by atoms with Gasteiger partial charge in [-0.2, -0.15) is 0 Å². The molecule has 0 aliphatic rings. The summed E-state index contributed by atoms with van der Waals surface area (Å²) in [6, 6.07) is -1.39. The highest BCUT2D eigenvalue weighted by atomic mass is 16.5. The molecule has 0 aromatic heterocycles. The molecule has 0 heterocycles. The van der Waals surface area contributed by atoms with Gasteiger partial charge in [-0.05, 0) is 103 Å². The Morgan fingerprint density at radius 2 is 1.04 bits per heavy atom. The van der Waals surface area contributed by atoms with Crippen LogP contribution in [0.3, 0.4) is 0 Å². The predicted molar refractivity (Wildman–Crippen MR) is 231 cm³/mol. The fourth-order valence-corrected chi connectivity index (χ4v) is 5.86. The molecule has 0 aliphatic carbocycles. The highest BCUT2D eigenvalue weighted by Gasteiger charge is 2.19. The van der Waals surface area contributed by atoms with Gasteiger partial charge in [-0.25, -0.2) is 4.79 Å². The zero-order chi connectivity index (χ0) is 41.2. The summed E-state index contributed by atoms with van der Waals surface area (Å²) >= 11 is 0. The monoisotopic (exact) mass is 783 g/mol. The summed E-state index contributed by atoms with van der Waals surface area (Å²) in [7, 11) is 0. The van der Waals surface area contributed by atoms with Gasteiger partial charge in [-0.15, -0.1) is 0 Å². The molecule has 0 saturated heterocycles. The number of carbonyl (C=O) groups excluding carboxylic acids is 3. The van der Waals surface area contributed by atoms with Crippen molar-refractivity contribution < 1.29 is 34.1 Å². The molecular weight excluding hydrogens is 705 g/mol. The first-order chi connectivity index (χ1) is 27.3. The Hall–Kier alpha value is -3.72. The van der Waals surface area contributed by atoms with Gasteiger partial charge in [0.25, 0.3) is 0 Å². The molecule has 0 aromatic carbocycles. The van der Waals surface area contributed by atoms with E-state index in [4.69, 9.17) is 14.9 Å². The number of hydrogen-bond donors (Lipinski definition) is 4. The molecule has 2 amide bonds. The summed E-state index contributed by atoms with van der Waals surface area (Å²) in [6.45, 7) is 3.32. The van der Waals surface area contributed by atoms with Gasteiger partial charge < -0.3 is 25.6 Å². The van der Waals surface area contributed by atoms with Crippen LogP contribution < -0.4 is 10.6 Å². The van der Waals surface area contributed by atoms with Crippen molar-refractivity contribution in [3.8, 4) is 0 Å². The van der Waals surface area contributed by atoms with Gasteiger partial charge in [0.05, 0.1) is 13.2 Å². The van der Waals surface area contributed by atoms with E-state index < -0.39 is 24.5 Å². The SMILES string of the molecule is CC/C=C\C/C=C\C/C=C\C/C=C\CCCCCCC(=O)OC(CCC/C=C\C/C=C\CCCCC)CCCCCCCC(=O)NCC(=O)NC(CO)C(=O)O. The second-order valence-electron chi connectivity index (χ2n) is 14.4. The topological polar surface area (TPSA) is 142 Å². The van der Waals surface area contributed by atoms with Gasteiger partial charge in [0, 0.05) is 12.8 Å². The molecule has 0 bridgehead atoms. The Labute approximate surface area is 340 Å². The fraction of sp³-hybridized carbons (Fsp3) is 0.660. The third-order valence-corrected chi connectivity index (χ3v) is 9.19. The number of carbonyl (C=O) groups is 4. The number of aliphatic hydroxyl groups is 1. The average Bonchev–Trinajstić information content (AvgIpc) is 3.18. The van der Waals surface area contributed by atoms with Gasteiger partial charge in [0.1, 0.15) is 12.1 Å². The van der Waals surface area contributed by atoms with Crippen LogP contribution in [0.25, 0.3) is 0 Å². The molecule has 0 aromatic rings. The van der Waals surface area contributed by atoms with Crippen molar-refractivity contribution in [3.05, 3.63) is 72.9 Å². The smallest absolute Gasteiger partial charge is 0.328 e. The Kier molecular flexibility index (Phi) is 38.2. The van der Waals surface area contributed by atoms with E-state index in [2.05, 4.69) is 97.4 Å². The summed E-state index contributed by atoms with van der Waals surface area (Å²) in [6.07, 6.45) is 50.7. The van der Waals surface area contributed by atoms with Crippen LogP contribution in [0.4, 0.5) is 0 Å². The van der Waals surface area contributed by atoms with Crippen molar-refractivity contribution in [2.45, 2.75) is 187 Å². The lowest BCUT2D eigenvalue weighted by atomic mass is 10.0. The van der Waals surface area contributed by atoms with Gasteiger partial charge in [0.2, 0.25) is 11.8 Å². The highest BCUT2D eigenvalue weighted by Crippen LogP contribution is 2.17. The second kappa shape index (κ2) is 40.9. The lowest BCUT2D eigenvalue weighted by Gasteiger charge is -2.18. The molecule has 9 heteroatoms. The van der Waals surface area contributed by atoms with Crippen molar-refractivity contribution in [1.82, 2.24) is 10.6 Å². The normalized spacial score (nSPS) is 13.2. The van der Waals surface area contributed by atoms with E-state index in [1.165, 1.54) is 19.3 Å². The van der Waals surface area contributed by atoms with E-state index >= 15 is 0 Å². The summed E-state index contributed by atoms with van der Waals surface area (Å²) in [5.74, 6) is -2.36. The quantitative estimate of drug-likeness (QED) is 0.0277. The zero-order valence-corrected chi connectivity index (χ0v) is 35.1. The van der Waals surface area contributed by atoms with Crippen molar-refractivity contribution in [2.75, 3.05) is 13.2 Å². The number of carboxylic acid groups (broad SMARTS) is 1. The van der Waals surface area contributed by atoms with E-state index in [0.717, 1.165) is 122 Å². The number of carboxylic acids is 1. The second-order valence-corrected chi connectivity index (χ2v) is 14.4. The van der Waals surface area contributed by atoms with Crippen LogP contribution in [-0.2, 0) is 23.9 Å². The molecule has 0 fully saturated rings. The van der Waals surface area contributed by atoms with Crippen LogP contribution in [0.5, 0.6) is 0 Å². The fourth-order valence-electron chi connectivity index (χ4n) is 5.86. The Morgan fingerprint density at radius 3 is 1.61 bits per heavy atom. The molecule has 2 unspecified atom stereocenters. The molecule has 9 nitrogen and oxygen atoms in total. The van der Waals surface area contributed by atoms with E-state index in [1.807, 2.05) is 0 Å². The minimum Gasteiger partial charge on any atom is -0.480 e. The maximum Gasteiger partial charge on any atom is 0.328 e. The number of esters is 1. The number of allylic oxidation sites excluding steroid dienone is 12. The Morgan fingerprint density at radius 1 is 0.554 bits per heavy atom. The van der Waals surface area contributed by atoms with Crippen molar-refractivity contribution in [3.63, 3.8) is 0 Å². The first-order valence-electron chi connectivity index (χ1n) is 21.8. The summed E-state index contributed by atoms with van der Waals surface area (Å²) in [5.41, 5.74) is 0. The Bertz CT molecular complexity index is 1170. The van der Waals surface area contributed by atoms with Crippen LogP contribution >= 0.6 is 0 Å². The lowest BCUT2D eigenvalue weighted by molar-refractivity contribution is -0.150. The molecule has 56 heavy (non-hydrogen) atoms. The number of hydrogen-bond acceptors (Lipinski definition) is 6. The number of unbranched alkanes of at least 4 members (excludes halogenated alkanes) is 12. The maximum atomic E-state index is 12.8. The van der Waals surface area contributed by atoms with E-state index in [1.54, 1.807) is 0 Å². The number of rotatable bonds is 38. The summed E-state index contributed by atoms with van der Waals surface area (Å²) in [5, 5.41) is 22.5. The highest BCUT2D eigenvalue weighted by molar-refractivity contribution is 5.87. The summed E-state index contributed by atoms with van der Waals surface area (Å²) < 4.78 is 5.99. The molecule has 0 saturated carbocycles. The number of ether oxygens (including phenoxy) is 1. The summed E-state index contributed by atoms with van der Waals surface area (Å²) in [4.78, 5) is 47.6. The molecule has 0 aliphatic heterocycles. The molecule has 0 spiro atoms. The van der Waals surface area contributed by atoms with Gasteiger partial charge in [-0.3, -0.25) is 14.4 Å². The number of aliphatic carboxylic acids is 1. The molecule has 0 rings (SSSR count). The maximum absolute atomic E-state index is 12.8. The molecule has 2 atom stereocenters. The van der Waals surface area contributed by atoms with Crippen molar-refractivity contribution >= 4 is 23.8 Å². The predicted octanol–water partition coefficient (Wildman–Crippen LogP) is 10.7. The van der Waals surface area contributed by atoms with Crippen LogP contribution in [-0.4, -0.2) is 59.3 Å². The van der Waals surface area contributed by atoms with E-state index in [9.17, 15) is 19.2 Å². The number of nitrogens with one attached hydrogen (secondary N) is 2.